The predicted octanol–water partition coefficient (Wildman–Crippen LogP) is 5.10. The molecule has 6 nitrogen and oxygen atoms in total. The number of thiazole rings is 1. The lowest BCUT2D eigenvalue weighted by Gasteiger charge is -2.02. The van der Waals surface area contributed by atoms with Gasteiger partial charge in [-0.3, -0.25) is 10.1 Å². The van der Waals surface area contributed by atoms with Gasteiger partial charge in [0.05, 0.1) is 16.2 Å². The summed E-state index contributed by atoms with van der Waals surface area (Å²) in [6.07, 6.45) is 1.52. The van der Waals surface area contributed by atoms with Crippen LogP contribution in [0.5, 0.6) is 5.75 Å². The topological polar surface area (TPSA) is 100 Å². The first kappa shape index (κ1) is 18.3. The lowest BCUT2D eigenvalue weighted by atomic mass is 10.1. The summed E-state index contributed by atoms with van der Waals surface area (Å²) in [6.45, 7) is 4.07. The van der Waals surface area contributed by atoms with Gasteiger partial charge in [-0.25, -0.2) is 4.98 Å². The molecule has 7 heteroatoms. The molecule has 1 N–H and O–H groups in total. The number of nitro benzene ring substituents is 1. The zero-order chi connectivity index (χ0) is 19.6. The molecule has 1 aromatic heterocycles. The number of hydrogen-bond donors (Lipinski definition) is 1. The van der Waals surface area contributed by atoms with Gasteiger partial charge in [0.2, 0.25) is 0 Å². The number of allylic oxidation sites excluding steroid dienone is 1. The Balaban J connectivity index is 1.97. The maximum absolute atomic E-state index is 11.0. The highest BCUT2D eigenvalue weighted by Crippen LogP contribution is 2.31. The number of phenols is 1. The van der Waals surface area contributed by atoms with Gasteiger partial charge in [-0.2, -0.15) is 5.26 Å². The predicted molar refractivity (Wildman–Crippen MR) is 105 cm³/mol. The normalized spacial score (nSPS) is 11.2. The van der Waals surface area contributed by atoms with E-state index >= 15 is 0 Å². The Kier molecular flexibility index (Phi) is 5.01. The molecule has 134 valence electrons. The van der Waals surface area contributed by atoms with Gasteiger partial charge < -0.3 is 5.11 Å². The molecule has 0 atom stereocenters. The highest BCUT2D eigenvalue weighted by molar-refractivity contribution is 7.11. The molecular formula is C20H15N3O3S. The van der Waals surface area contributed by atoms with Gasteiger partial charge in [0.15, 0.2) is 5.75 Å². The van der Waals surface area contributed by atoms with Gasteiger partial charge in [-0.15, -0.1) is 11.3 Å². The Morgan fingerprint density at radius 3 is 2.70 bits per heavy atom. The third-order valence-electron chi connectivity index (χ3n) is 4.16. The molecule has 0 bridgehead atoms. The highest BCUT2D eigenvalue weighted by Gasteiger charge is 2.14. The number of nitrogens with zero attached hydrogens (tertiary/aromatic N) is 3. The van der Waals surface area contributed by atoms with Crippen LogP contribution in [0.25, 0.3) is 22.9 Å². The molecule has 1 heterocycles. The third-order valence-corrected chi connectivity index (χ3v) is 5.04. The molecule has 0 fully saturated rings. The molecule has 2 aromatic carbocycles. The second-order valence-electron chi connectivity index (χ2n) is 6.01. The van der Waals surface area contributed by atoms with E-state index in [9.17, 15) is 20.5 Å². The van der Waals surface area contributed by atoms with Gasteiger partial charge >= 0.3 is 5.69 Å². The molecule has 0 radical (unpaired) electrons. The zero-order valence-corrected chi connectivity index (χ0v) is 15.4. The number of nitro groups is 1. The summed E-state index contributed by atoms with van der Waals surface area (Å²) in [4.78, 5) is 14.8. The number of aryl methyl sites for hydroxylation is 2. The SMILES string of the molecule is Cc1ccc(-c2csc(/C(C#N)=C\c3ccc(O)c([N+](=O)[O-])c3)n2)cc1C. The minimum atomic E-state index is -0.667. The number of phenolic OH excluding ortho intramolecular Hbond substituents is 1. The molecule has 0 saturated carbocycles. The van der Waals surface area contributed by atoms with Crippen molar-refractivity contribution in [2.75, 3.05) is 0 Å². The molecule has 0 amide bonds. The summed E-state index contributed by atoms with van der Waals surface area (Å²) in [6, 6.07) is 12.1. The van der Waals surface area contributed by atoms with Gasteiger partial charge in [0.25, 0.3) is 0 Å². The van der Waals surface area contributed by atoms with Crippen LogP contribution in [-0.2, 0) is 0 Å². The van der Waals surface area contributed by atoms with Crippen molar-refractivity contribution in [3.63, 3.8) is 0 Å². The summed E-state index contributed by atoms with van der Waals surface area (Å²) in [5.74, 6) is -0.415. The average Bonchev–Trinajstić information content (AvgIpc) is 3.13. The first-order chi connectivity index (χ1) is 12.9. The number of rotatable bonds is 4. The summed E-state index contributed by atoms with van der Waals surface area (Å²) >= 11 is 1.33. The average molecular weight is 377 g/mol. The lowest BCUT2D eigenvalue weighted by molar-refractivity contribution is -0.385. The summed E-state index contributed by atoms with van der Waals surface area (Å²) in [5.41, 5.74) is 4.44. The van der Waals surface area contributed by atoms with Gasteiger partial charge in [-0.1, -0.05) is 18.2 Å². The van der Waals surface area contributed by atoms with E-state index in [1.807, 2.05) is 37.4 Å². The highest BCUT2D eigenvalue weighted by atomic mass is 32.1. The Morgan fingerprint density at radius 2 is 2.04 bits per heavy atom. The minimum Gasteiger partial charge on any atom is -0.502 e. The molecule has 0 aliphatic carbocycles. The van der Waals surface area contributed by atoms with E-state index in [2.05, 4.69) is 11.1 Å². The monoisotopic (exact) mass is 377 g/mol. The quantitative estimate of drug-likeness (QED) is 0.387. The Labute approximate surface area is 159 Å². The van der Waals surface area contributed by atoms with E-state index in [0.29, 0.717) is 16.1 Å². The lowest BCUT2D eigenvalue weighted by Crippen LogP contribution is -1.89. The summed E-state index contributed by atoms with van der Waals surface area (Å²) in [7, 11) is 0. The van der Waals surface area contributed by atoms with E-state index in [0.717, 1.165) is 16.8 Å². The van der Waals surface area contributed by atoms with E-state index in [4.69, 9.17) is 0 Å². The number of aromatic nitrogens is 1. The van der Waals surface area contributed by atoms with Crippen LogP contribution in [0.1, 0.15) is 21.7 Å². The maximum Gasteiger partial charge on any atom is 0.311 e. The van der Waals surface area contributed by atoms with Gasteiger partial charge in [0, 0.05) is 17.0 Å². The first-order valence-corrected chi connectivity index (χ1v) is 8.89. The summed E-state index contributed by atoms with van der Waals surface area (Å²) < 4.78 is 0. The van der Waals surface area contributed by atoms with Crippen LogP contribution >= 0.6 is 11.3 Å². The molecular weight excluding hydrogens is 362 g/mol. The van der Waals surface area contributed by atoms with Crippen molar-refractivity contribution in [2.45, 2.75) is 13.8 Å². The van der Waals surface area contributed by atoms with Gasteiger partial charge in [-0.05, 0) is 48.7 Å². The van der Waals surface area contributed by atoms with Crippen molar-refractivity contribution in [2.24, 2.45) is 0 Å². The van der Waals surface area contributed by atoms with Crippen molar-refractivity contribution >= 4 is 28.7 Å². The minimum absolute atomic E-state index is 0.301. The second-order valence-corrected chi connectivity index (χ2v) is 6.87. The second kappa shape index (κ2) is 7.40. The number of benzene rings is 2. The van der Waals surface area contributed by atoms with Gasteiger partial charge in [0.1, 0.15) is 11.1 Å². The van der Waals surface area contributed by atoms with Crippen LogP contribution in [0.4, 0.5) is 5.69 Å². The van der Waals surface area contributed by atoms with Crippen molar-refractivity contribution < 1.29 is 10.0 Å². The van der Waals surface area contributed by atoms with E-state index < -0.39 is 16.4 Å². The fraction of sp³-hybridized carbons (Fsp3) is 0.100. The first-order valence-electron chi connectivity index (χ1n) is 8.02. The van der Waals surface area contributed by atoms with Crippen LogP contribution in [0, 0.1) is 35.3 Å². The molecule has 0 unspecified atom stereocenters. The van der Waals surface area contributed by atoms with Crippen LogP contribution in [0.3, 0.4) is 0 Å². The smallest absolute Gasteiger partial charge is 0.311 e. The van der Waals surface area contributed by atoms with Crippen LogP contribution < -0.4 is 0 Å². The summed E-state index contributed by atoms with van der Waals surface area (Å²) in [5, 5.41) is 32.4. The largest absolute Gasteiger partial charge is 0.502 e. The molecule has 3 rings (SSSR count). The maximum atomic E-state index is 11.0. The van der Waals surface area contributed by atoms with Crippen LogP contribution in [-0.4, -0.2) is 15.0 Å². The Hall–Kier alpha value is -3.50. The van der Waals surface area contributed by atoms with E-state index in [1.54, 1.807) is 0 Å². The van der Waals surface area contributed by atoms with E-state index in [-0.39, 0.29) is 0 Å². The Morgan fingerprint density at radius 1 is 1.26 bits per heavy atom. The number of nitriles is 1. The molecule has 3 aromatic rings. The zero-order valence-electron chi connectivity index (χ0n) is 14.6. The Bertz CT molecular complexity index is 1110. The van der Waals surface area contributed by atoms with Crippen molar-refractivity contribution in [3.05, 3.63) is 73.6 Å². The number of hydrogen-bond acceptors (Lipinski definition) is 6. The van der Waals surface area contributed by atoms with E-state index in [1.165, 1.54) is 41.2 Å². The fourth-order valence-electron chi connectivity index (χ4n) is 2.52. The standard InChI is InChI=1S/C20H15N3O3S/c1-12-3-5-15(7-13(12)2)17-11-27-20(22-17)16(10-21)8-14-4-6-19(24)18(9-14)23(25)26/h3-9,11,24H,1-2H3/b16-8-. The molecule has 27 heavy (non-hydrogen) atoms. The fourth-order valence-corrected chi connectivity index (χ4v) is 3.31. The van der Waals surface area contributed by atoms with Crippen molar-refractivity contribution in [3.8, 4) is 23.1 Å². The van der Waals surface area contributed by atoms with Crippen LogP contribution in [0.2, 0.25) is 0 Å². The molecule has 0 saturated heterocycles. The third kappa shape index (κ3) is 3.86. The van der Waals surface area contributed by atoms with Crippen LogP contribution in [0.15, 0.2) is 41.8 Å². The molecule has 0 aliphatic rings. The number of aromatic hydroxyl groups is 1. The van der Waals surface area contributed by atoms with Crippen molar-refractivity contribution in [1.82, 2.24) is 4.98 Å². The molecule has 0 spiro atoms. The van der Waals surface area contributed by atoms with Crippen molar-refractivity contribution in [1.29, 1.82) is 5.26 Å². The molecule has 0 aliphatic heterocycles.